The van der Waals surface area contributed by atoms with Gasteiger partial charge in [-0.1, -0.05) is 18.2 Å². The molecule has 0 unspecified atom stereocenters. The Bertz CT molecular complexity index is 682. The second-order valence-corrected chi connectivity index (χ2v) is 5.01. The number of carbonyl (C=O) groups is 3. The Labute approximate surface area is 139 Å². The second kappa shape index (κ2) is 8.52. The monoisotopic (exact) mass is 330 g/mol. The van der Waals surface area contributed by atoms with Gasteiger partial charge >= 0.3 is 5.97 Å². The normalized spacial score (nSPS) is 11.4. The van der Waals surface area contributed by atoms with Crippen LogP contribution in [-0.4, -0.2) is 30.9 Å². The minimum atomic E-state index is -0.694. The summed E-state index contributed by atoms with van der Waals surface area (Å²) in [7, 11) is 0. The molecule has 0 saturated carbocycles. The maximum atomic E-state index is 11.8. The summed E-state index contributed by atoms with van der Waals surface area (Å²) >= 11 is 0. The van der Waals surface area contributed by atoms with Crippen molar-refractivity contribution in [2.75, 3.05) is 13.2 Å². The summed E-state index contributed by atoms with van der Waals surface area (Å²) in [5.74, 6) is -0.935. The minimum absolute atomic E-state index is 0.311. The van der Waals surface area contributed by atoms with Crippen molar-refractivity contribution in [1.82, 2.24) is 10.6 Å². The van der Waals surface area contributed by atoms with Gasteiger partial charge in [-0.3, -0.25) is 14.4 Å². The number of amides is 2. The van der Waals surface area contributed by atoms with Crippen molar-refractivity contribution in [3.8, 4) is 0 Å². The van der Waals surface area contributed by atoms with E-state index in [9.17, 15) is 14.4 Å². The summed E-state index contributed by atoms with van der Waals surface area (Å²) in [6.07, 6.45) is 1.51. The Morgan fingerprint density at radius 3 is 2.54 bits per heavy atom. The Kier molecular flexibility index (Phi) is 6.13. The molecule has 2 aromatic rings. The third-order valence-corrected chi connectivity index (χ3v) is 3.14. The van der Waals surface area contributed by atoms with Crippen molar-refractivity contribution in [2.45, 2.75) is 13.0 Å². The minimum Gasteiger partial charge on any atom is -0.467 e. The van der Waals surface area contributed by atoms with Crippen molar-refractivity contribution in [2.24, 2.45) is 0 Å². The first-order valence-electron chi connectivity index (χ1n) is 7.38. The standard InChI is InChI=1S/C17H18N2O5/c1-12(14-8-5-9-23-14)19-15(20)11-24-16(21)10-18-17(22)13-6-3-2-4-7-13/h2-9,12H,10-11H2,1H3,(H,18,22)(H,19,20)/t12-/m0/s1. The van der Waals surface area contributed by atoms with E-state index in [2.05, 4.69) is 10.6 Å². The molecule has 24 heavy (non-hydrogen) atoms. The molecular formula is C17H18N2O5. The van der Waals surface area contributed by atoms with Crippen LogP contribution >= 0.6 is 0 Å². The number of rotatable bonds is 7. The molecule has 7 nitrogen and oxygen atoms in total. The van der Waals surface area contributed by atoms with Crippen molar-refractivity contribution in [1.29, 1.82) is 0 Å². The molecule has 7 heteroatoms. The zero-order chi connectivity index (χ0) is 17.4. The third kappa shape index (κ3) is 5.28. The highest BCUT2D eigenvalue weighted by molar-refractivity contribution is 5.96. The predicted molar refractivity (Wildman–Crippen MR) is 85.0 cm³/mol. The molecule has 2 rings (SSSR count). The van der Waals surface area contributed by atoms with Crippen LogP contribution in [0.1, 0.15) is 29.1 Å². The lowest BCUT2D eigenvalue weighted by molar-refractivity contribution is -0.147. The van der Waals surface area contributed by atoms with Crippen LogP contribution in [0, 0.1) is 0 Å². The predicted octanol–water partition coefficient (Wildman–Crippen LogP) is 1.43. The van der Waals surface area contributed by atoms with Gasteiger partial charge in [-0.25, -0.2) is 0 Å². The maximum absolute atomic E-state index is 11.8. The Hall–Kier alpha value is -3.09. The number of ether oxygens (including phenoxy) is 1. The van der Waals surface area contributed by atoms with Crippen LogP contribution in [0.5, 0.6) is 0 Å². The molecule has 0 fully saturated rings. The third-order valence-electron chi connectivity index (χ3n) is 3.14. The molecule has 1 atom stereocenters. The number of furan rings is 1. The lowest BCUT2D eigenvalue weighted by Crippen LogP contribution is -2.34. The Morgan fingerprint density at radius 2 is 1.88 bits per heavy atom. The lowest BCUT2D eigenvalue weighted by Gasteiger charge is -2.11. The maximum Gasteiger partial charge on any atom is 0.325 e. The molecule has 0 radical (unpaired) electrons. The van der Waals surface area contributed by atoms with Crippen LogP contribution in [-0.2, 0) is 14.3 Å². The van der Waals surface area contributed by atoms with Gasteiger partial charge in [0.1, 0.15) is 12.3 Å². The van der Waals surface area contributed by atoms with Crippen LogP contribution in [0.3, 0.4) is 0 Å². The summed E-state index contributed by atoms with van der Waals surface area (Å²) in [6, 6.07) is 11.6. The van der Waals surface area contributed by atoms with Gasteiger partial charge in [0.2, 0.25) is 0 Å². The van der Waals surface area contributed by atoms with Gasteiger partial charge in [0, 0.05) is 5.56 Å². The fourth-order valence-corrected chi connectivity index (χ4v) is 1.93. The molecule has 0 saturated heterocycles. The van der Waals surface area contributed by atoms with Gasteiger partial charge in [-0.15, -0.1) is 0 Å². The molecule has 0 aliphatic carbocycles. The van der Waals surface area contributed by atoms with Crippen LogP contribution < -0.4 is 10.6 Å². The summed E-state index contributed by atoms with van der Waals surface area (Å²) in [4.78, 5) is 35.0. The quantitative estimate of drug-likeness (QED) is 0.749. The number of carbonyl (C=O) groups excluding carboxylic acids is 3. The molecule has 1 aromatic heterocycles. The average molecular weight is 330 g/mol. The fourth-order valence-electron chi connectivity index (χ4n) is 1.93. The molecule has 2 amide bonds. The molecule has 2 N–H and O–H groups in total. The van der Waals surface area contributed by atoms with Crippen molar-refractivity contribution in [3.05, 3.63) is 60.1 Å². The number of hydrogen-bond acceptors (Lipinski definition) is 5. The van der Waals surface area contributed by atoms with Gasteiger partial charge in [0.05, 0.1) is 12.3 Å². The largest absolute Gasteiger partial charge is 0.467 e. The summed E-state index contributed by atoms with van der Waals surface area (Å²) in [6.45, 7) is 1.01. The highest BCUT2D eigenvalue weighted by atomic mass is 16.5. The topological polar surface area (TPSA) is 97.6 Å². The van der Waals surface area contributed by atoms with E-state index >= 15 is 0 Å². The van der Waals surface area contributed by atoms with E-state index in [4.69, 9.17) is 9.15 Å². The SMILES string of the molecule is C[C@H](NC(=O)COC(=O)CNC(=O)c1ccccc1)c1ccco1. The van der Waals surface area contributed by atoms with Gasteiger partial charge in [-0.2, -0.15) is 0 Å². The summed E-state index contributed by atoms with van der Waals surface area (Å²) in [5, 5.41) is 5.06. The smallest absolute Gasteiger partial charge is 0.325 e. The van der Waals surface area contributed by atoms with Gasteiger partial charge in [-0.05, 0) is 31.2 Å². The summed E-state index contributed by atoms with van der Waals surface area (Å²) in [5.41, 5.74) is 0.440. The number of hydrogen-bond donors (Lipinski definition) is 2. The van der Waals surface area contributed by atoms with E-state index in [0.29, 0.717) is 11.3 Å². The first-order chi connectivity index (χ1) is 11.6. The number of nitrogens with one attached hydrogen (secondary N) is 2. The molecule has 0 aliphatic heterocycles. The van der Waals surface area contributed by atoms with E-state index in [0.717, 1.165) is 0 Å². The Balaban J connectivity index is 1.67. The lowest BCUT2D eigenvalue weighted by atomic mass is 10.2. The van der Waals surface area contributed by atoms with Crippen LogP contribution in [0.25, 0.3) is 0 Å². The highest BCUT2D eigenvalue weighted by Gasteiger charge is 2.14. The second-order valence-electron chi connectivity index (χ2n) is 5.01. The average Bonchev–Trinajstić information content (AvgIpc) is 3.13. The van der Waals surface area contributed by atoms with E-state index in [1.165, 1.54) is 6.26 Å². The van der Waals surface area contributed by atoms with E-state index in [1.807, 2.05) is 0 Å². The van der Waals surface area contributed by atoms with E-state index < -0.39 is 18.5 Å². The Morgan fingerprint density at radius 1 is 1.12 bits per heavy atom. The molecule has 0 aliphatic rings. The van der Waals surface area contributed by atoms with Gasteiger partial charge in [0.15, 0.2) is 6.61 Å². The number of esters is 1. The first kappa shape index (κ1) is 17.3. The summed E-state index contributed by atoms with van der Waals surface area (Å²) < 4.78 is 9.97. The van der Waals surface area contributed by atoms with Crippen LogP contribution in [0.15, 0.2) is 53.1 Å². The molecule has 126 valence electrons. The van der Waals surface area contributed by atoms with Gasteiger partial charge < -0.3 is 19.8 Å². The zero-order valence-electron chi connectivity index (χ0n) is 13.2. The fraction of sp³-hybridized carbons (Fsp3) is 0.235. The van der Waals surface area contributed by atoms with E-state index in [1.54, 1.807) is 49.4 Å². The first-order valence-corrected chi connectivity index (χ1v) is 7.38. The highest BCUT2D eigenvalue weighted by Crippen LogP contribution is 2.11. The van der Waals surface area contributed by atoms with Crippen LogP contribution in [0.2, 0.25) is 0 Å². The van der Waals surface area contributed by atoms with Crippen molar-refractivity contribution < 1.29 is 23.5 Å². The van der Waals surface area contributed by atoms with Gasteiger partial charge in [0.25, 0.3) is 11.8 Å². The van der Waals surface area contributed by atoms with Crippen molar-refractivity contribution in [3.63, 3.8) is 0 Å². The van der Waals surface area contributed by atoms with Crippen molar-refractivity contribution >= 4 is 17.8 Å². The van der Waals surface area contributed by atoms with Crippen LogP contribution in [0.4, 0.5) is 0 Å². The van der Waals surface area contributed by atoms with E-state index in [-0.39, 0.29) is 18.5 Å². The molecule has 1 heterocycles. The zero-order valence-corrected chi connectivity index (χ0v) is 13.2. The molecule has 1 aromatic carbocycles. The molecule has 0 spiro atoms. The number of benzene rings is 1. The molecule has 0 bridgehead atoms. The molecular weight excluding hydrogens is 312 g/mol.